The highest BCUT2D eigenvalue weighted by molar-refractivity contribution is 5.66. The number of hydrogen-bond donors (Lipinski definition) is 2. The Morgan fingerprint density at radius 3 is 1.21 bits per heavy atom. The van der Waals surface area contributed by atoms with E-state index in [-0.39, 0.29) is 0 Å². The van der Waals surface area contributed by atoms with Crippen LogP contribution < -0.4 is 4.74 Å². The molecule has 2 N–H and O–H groups in total. The monoisotopic (exact) mass is 741 g/mol. The summed E-state index contributed by atoms with van der Waals surface area (Å²) in [4.78, 5) is 21.1. The van der Waals surface area contributed by atoms with E-state index in [2.05, 4.69) is 36.4 Å². The normalized spacial score (nSPS) is 12.2. The van der Waals surface area contributed by atoms with E-state index >= 15 is 0 Å². The predicted octanol–water partition coefficient (Wildman–Crippen LogP) is 14.2. The molecule has 0 saturated heterocycles. The van der Waals surface area contributed by atoms with Crippen molar-refractivity contribution in [1.29, 1.82) is 0 Å². The van der Waals surface area contributed by atoms with Gasteiger partial charge in [-0.05, 0) is 101 Å². The van der Waals surface area contributed by atoms with Crippen LogP contribution in [0.3, 0.4) is 0 Å². The second-order valence-electron chi connectivity index (χ2n) is 15.3. The fourth-order valence-corrected chi connectivity index (χ4v) is 6.97. The summed E-state index contributed by atoms with van der Waals surface area (Å²) in [5.41, 5.74) is 1.21. The fraction of sp³-hybridized carbons (Fsp3) is 0.745. The molecule has 1 rings (SSSR count). The van der Waals surface area contributed by atoms with Crippen LogP contribution in [-0.2, 0) is 20.9 Å². The number of aliphatic carboxylic acids is 2. The number of carbonyl (C=O) groups is 2. The van der Waals surface area contributed by atoms with Gasteiger partial charge < -0.3 is 19.7 Å². The van der Waals surface area contributed by atoms with Crippen molar-refractivity contribution in [1.82, 2.24) is 0 Å². The first kappa shape index (κ1) is 48.4. The zero-order chi connectivity index (χ0) is 38.3. The first-order chi connectivity index (χ1) is 26.0. The Hall–Kier alpha value is -2.60. The van der Waals surface area contributed by atoms with E-state index in [1.165, 1.54) is 140 Å². The Labute approximate surface area is 325 Å². The predicted molar refractivity (Wildman–Crippen MR) is 223 cm³/mol. The molecule has 0 spiro atoms. The molecule has 0 aliphatic rings. The summed E-state index contributed by atoms with van der Waals surface area (Å²) < 4.78 is 11.5. The minimum absolute atomic E-state index is 0.313. The fourth-order valence-electron chi connectivity index (χ4n) is 6.97. The Morgan fingerprint density at radius 1 is 0.509 bits per heavy atom. The zero-order valence-electron chi connectivity index (χ0n) is 34.1. The number of ether oxygens (including phenoxy) is 2. The minimum Gasteiger partial charge on any atom is -0.497 e. The third-order valence-corrected chi connectivity index (χ3v) is 10.4. The van der Waals surface area contributed by atoms with Crippen LogP contribution in [0, 0.1) is 5.92 Å². The maximum Gasteiger partial charge on any atom is 0.303 e. The molecule has 6 nitrogen and oxygen atoms in total. The molecular formula is C47H80O6. The van der Waals surface area contributed by atoms with Crippen LogP contribution >= 0.6 is 0 Å². The van der Waals surface area contributed by atoms with Gasteiger partial charge in [0.25, 0.3) is 0 Å². The highest BCUT2D eigenvalue weighted by atomic mass is 16.5. The lowest BCUT2D eigenvalue weighted by atomic mass is 9.94. The zero-order valence-corrected chi connectivity index (χ0v) is 34.1. The Morgan fingerprint density at radius 2 is 0.849 bits per heavy atom. The molecule has 1 aromatic rings. The van der Waals surface area contributed by atoms with Gasteiger partial charge in [0.15, 0.2) is 0 Å². The lowest BCUT2D eigenvalue weighted by Crippen LogP contribution is -2.10. The summed E-state index contributed by atoms with van der Waals surface area (Å²) in [6.45, 7) is 1.54. The molecular weight excluding hydrogens is 661 g/mol. The molecule has 1 unspecified atom stereocenters. The summed E-state index contributed by atoms with van der Waals surface area (Å²) in [5, 5.41) is 17.4. The second-order valence-corrected chi connectivity index (χ2v) is 15.3. The standard InChI is InChI=1S/C47H80O6/c1-52-45-39-37-44(38-40-45)42-53-41-43(34-30-26-22-18-14-10-6-4-8-12-16-20-24-28-32-36-47(50)51)33-29-25-21-17-13-9-5-2-3-7-11-15-19-23-27-31-35-46(48)49/h3-4,7-8,37-40,43H,2,5-6,9-36,41-42H2,1H3,(H,48,49)(H,50,51)/b7-3-,8-4-. The van der Waals surface area contributed by atoms with E-state index in [1.54, 1.807) is 7.11 Å². The summed E-state index contributed by atoms with van der Waals surface area (Å²) in [7, 11) is 1.71. The minimum atomic E-state index is -0.674. The lowest BCUT2D eigenvalue weighted by Gasteiger charge is -2.17. The van der Waals surface area contributed by atoms with Gasteiger partial charge >= 0.3 is 11.9 Å². The molecule has 0 aliphatic carbocycles. The quantitative estimate of drug-likeness (QED) is 0.0514. The number of allylic oxidation sites excluding steroid dienone is 4. The molecule has 0 aliphatic heterocycles. The van der Waals surface area contributed by atoms with Crippen LogP contribution in [0.2, 0.25) is 0 Å². The van der Waals surface area contributed by atoms with E-state index < -0.39 is 11.9 Å². The molecule has 0 saturated carbocycles. The highest BCUT2D eigenvalue weighted by Crippen LogP contribution is 2.21. The van der Waals surface area contributed by atoms with Crippen LogP contribution in [0.5, 0.6) is 5.75 Å². The molecule has 0 amide bonds. The van der Waals surface area contributed by atoms with Crippen molar-refractivity contribution in [3.63, 3.8) is 0 Å². The van der Waals surface area contributed by atoms with Gasteiger partial charge in [-0.25, -0.2) is 0 Å². The SMILES string of the molecule is COc1ccc(COCC(CCCCCCCC/C=C\CCCCCCCC(=O)O)CCCCCCCCC/C=C\CCCCCCCC(=O)O)cc1. The molecule has 0 bridgehead atoms. The first-order valence-corrected chi connectivity index (χ1v) is 22.0. The van der Waals surface area contributed by atoms with E-state index in [0.29, 0.717) is 25.4 Å². The number of carboxylic acid groups (broad SMARTS) is 2. The first-order valence-electron chi connectivity index (χ1n) is 22.0. The van der Waals surface area contributed by atoms with Crippen molar-refractivity contribution < 1.29 is 29.3 Å². The van der Waals surface area contributed by atoms with Gasteiger partial charge in [0.2, 0.25) is 0 Å². The summed E-state index contributed by atoms with van der Waals surface area (Å²) >= 11 is 0. The van der Waals surface area contributed by atoms with Gasteiger partial charge in [0.1, 0.15) is 5.75 Å². The van der Waals surface area contributed by atoms with Gasteiger partial charge in [0, 0.05) is 19.4 Å². The van der Waals surface area contributed by atoms with Crippen LogP contribution in [0.15, 0.2) is 48.6 Å². The number of benzene rings is 1. The Bertz CT molecular complexity index is 1020. The van der Waals surface area contributed by atoms with E-state index in [0.717, 1.165) is 63.7 Å². The van der Waals surface area contributed by atoms with Crippen molar-refractivity contribution in [3.05, 3.63) is 54.1 Å². The Balaban J connectivity index is 2.11. The largest absolute Gasteiger partial charge is 0.497 e. The van der Waals surface area contributed by atoms with Gasteiger partial charge in [-0.3, -0.25) is 9.59 Å². The number of hydrogen-bond acceptors (Lipinski definition) is 4. The van der Waals surface area contributed by atoms with Crippen LogP contribution in [0.4, 0.5) is 0 Å². The third kappa shape index (κ3) is 34.9. The third-order valence-electron chi connectivity index (χ3n) is 10.4. The van der Waals surface area contributed by atoms with Crippen molar-refractivity contribution in [2.75, 3.05) is 13.7 Å². The topological polar surface area (TPSA) is 93.1 Å². The maximum absolute atomic E-state index is 10.6. The van der Waals surface area contributed by atoms with Crippen LogP contribution in [0.1, 0.15) is 205 Å². The molecule has 53 heavy (non-hydrogen) atoms. The van der Waals surface area contributed by atoms with Crippen molar-refractivity contribution >= 4 is 11.9 Å². The Kier molecular flexibility index (Phi) is 34.4. The van der Waals surface area contributed by atoms with Crippen LogP contribution in [-0.4, -0.2) is 35.9 Å². The smallest absolute Gasteiger partial charge is 0.303 e. The molecule has 1 atom stereocenters. The number of rotatable bonds is 40. The average Bonchev–Trinajstić information content (AvgIpc) is 3.15. The van der Waals surface area contributed by atoms with Crippen LogP contribution in [0.25, 0.3) is 0 Å². The number of unbranched alkanes of at least 4 members (excludes halogenated alkanes) is 23. The molecule has 0 aromatic heterocycles. The summed E-state index contributed by atoms with van der Waals surface area (Å²) in [6.07, 6.45) is 45.6. The van der Waals surface area contributed by atoms with Crippen molar-refractivity contribution in [2.45, 2.75) is 206 Å². The molecule has 0 fully saturated rings. The number of methoxy groups -OCH3 is 1. The van der Waals surface area contributed by atoms with Crippen molar-refractivity contribution in [3.8, 4) is 5.75 Å². The summed E-state index contributed by atoms with van der Waals surface area (Å²) in [6, 6.07) is 8.24. The van der Waals surface area contributed by atoms with E-state index in [1.807, 2.05) is 12.1 Å². The van der Waals surface area contributed by atoms with Gasteiger partial charge in [-0.15, -0.1) is 0 Å². The van der Waals surface area contributed by atoms with Gasteiger partial charge in [-0.1, -0.05) is 146 Å². The van der Waals surface area contributed by atoms with E-state index in [9.17, 15) is 9.59 Å². The highest BCUT2D eigenvalue weighted by Gasteiger charge is 2.10. The van der Waals surface area contributed by atoms with Gasteiger partial charge in [-0.2, -0.15) is 0 Å². The second kappa shape index (κ2) is 37.7. The van der Waals surface area contributed by atoms with Crippen molar-refractivity contribution in [2.24, 2.45) is 5.92 Å². The maximum atomic E-state index is 10.6. The summed E-state index contributed by atoms with van der Waals surface area (Å²) in [5.74, 6) is 0.202. The molecule has 6 heteroatoms. The lowest BCUT2D eigenvalue weighted by molar-refractivity contribution is -0.138. The number of carboxylic acids is 2. The molecule has 1 aromatic carbocycles. The molecule has 0 heterocycles. The molecule has 304 valence electrons. The van der Waals surface area contributed by atoms with E-state index in [4.69, 9.17) is 19.7 Å². The molecule has 0 radical (unpaired) electrons. The van der Waals surface area contributed by atoms with Gasteiger partial charge in [0.05, 0.1) is 13.7 Å². The average molecular weight is 741 g/mol.